The third-order valence-electron chi connectivity index (χ3n) is 6.29. The van der Waals surface area contributed by atoms with Gasteiger partial charge in [0.25, 0.3) is 0 Å². The first kappa shape index (κ1) is 14.5. The van der Waals surface area contributed by atoms with Crippen molar-refractivity contribution in [2.75, 3.05) is 26.2 Å². The minimum Gasteiger partial charge on any atom is -0.370 e. The van der Waals surface area contributed by atoms with Gasteiger partial charge in [-0.3, -0.25) is 0 Å². The Morgan fingerprint density at radius 3 is 2.43 bits per heavy atom. The van der Waals surface area contributed by atoms with Gasteiger partial charge in [-0.2, -0.15) is 0 Å². The summed E-state index contributed by atoms with van der Waals surface area (Å²) in [4.78, 5) is 2.66. The van der Waals surface area contributed by atoms with Crippen LogP contribution in [-0.4, -0.2) is 48.8 Å². The van der Waals surface area contributed by atoms with E-state index in [9.17, 15) is 0 Å². The number of nitrogens with one attached hydrogen (secondary N) is 1. The summed E-state index contributed by atoms with van der Waals surface area (Å²) in [6, 6.07) is 0.785. The van der Waals surface area contributed by atoms with Gasteiger partial charge in [-0.05, 0) is 76.9 Å². The number of piperidine rings is 1. The van der Waals surface area contributed by atoms with E-state index < -0.39 is 0 Å². The summed E-state index contributed by atoms with van der Waals surface area (Å²) < 4.78 is 6.47. The molecule has 0 radical (unpaired) electrons. The summed E-state index contributed by atoms with van der Waals surface area (Å²) >= 11 is 0. The summed E-state index contributed by atoms with van der Waals surface area (Å²) in [6.07, 6.45) is 14.2. The minimum absolute atomic E-state index is 0.314. The molecule has 4 rings (SSSR count). The number of hydrogen-bond acceptors (Lipinski definition) is 3. The monoisotopic (exact) mass is 292 g/mol. The van der Waals surface area contributed by atoms with Crippen LogP contribution in [0.25, 0.3) is 0 Å². The molecule has 2 saturated carbocycles. The molecule has 0 bridgehead atoms. The second-order valence-electron chi connectivity index (χ2n) is 8.10. The zero-order valence-corrected chi connectivity index (χ0v) is 13.5. The fourth-order valence-electron chi connectivity index (χ4n) is 4.67. The van der Waals surface area contributed by atoms with E-state index in [0.29, 0.717) is 11.7 Å². The standard InChI is InChI=1S/C18H32N2O/c1-2-9-18(8-1)10-5-17(21-18)14-20-11-6-16(7-12-20)19-13-15-3-4-15/h15-17,19H,1-14H2. The van der Waals surface area contributed by atoms with Gasteiger partial charge in [-0.25, -0.2) is 0 Å². The third-order valence-corrected chi connectivity index (χ3v) is 6.29. The first-order valence-electron chi connectivity index (χ1n) is 9.45. The second-order valence-corrected chi connectivity index (χ2v) is 8.10. The van der Waals surface area contributed by atoms with Crippen molar-refractivity contribution >= 4 is 0 Å². The minimum atomic E-state index is 0.314. The molecule has 0 aromatic carbocycles. The molecule has 2 heterocycles. The first-order valence-corrected chi connectivity index (χ1v) is 9.45. The fraction of sp³-hybridized carbons (Fsp3) is 1.00. The Bertz CT molecular complexity index is 341. The molecule has 0 amide bonds. The lowest BCUT2D eigenvalue weighted by molar-refractivity contribution is -0.0493. The molecular formula is C18H32N2O. The zero-order chi connectivity index (χ0) is 14.1. The highest BCUT2D eigenvalue weighted by Gasteiger charge is 2.42. The van der Waals surface area contributed by atoms with Crippen LogP contribution in [0.1, 0.15) is 64.2 Å². The van der Waals surface area contributed by atoms with Crippen molar-refractivity contribution < 1.29 is 4.74 Å². The fourth-order valence-corrected chi connectivity index (χ4v) is 4.67. The van der Waals surface area contributed by atoms with Crippen LogP contribution in [0.5, 0.6) is 0 Å². The topological polar surface area (TPSA) is 24.5 Å². The van der Waals surface area contributed by atoms with E-state index in [1.165, 1.54) is 90.4 Å². The van der Waals surface area contributed by atoms with Crippen LogP contribution < -0.4 is 5.32 Å². The van der Waals surface area contributed by atoms with Crippen molar-refractivity contribution in [1.82, 2.24) is 10.2 Å². The maximum atomic E-state index is 6.47. The molecule has 3 heteroatoms. The van der Waals surface area contributed by atoms with E-state index in [4.69, 9.17) is 4.74 Å². The van der Waals surface area contributed by atoms with Crippen molar-refractivity contribution in [2.45, 2.75) is 82.0 Å². The lowest BCUT2D eigenvalue weighted by Crippen LogP contribution is -2.45. The highest BCUT2D eigenvalue weighted by molar-refractivity contribution is 4.94. The van der Waals surface area contributed by atoms with Gasteiger partial charge in [-0.15, -0.1) is 0 Å². The van der Waals surface area contributed by atoms with E-state index in [1.807, 2.05) is 0 Å². The van der Waals surface area contributed by atoms with E-state index >= 15 is 0 Å². The Labute approximate surface area is 129 Å². The molecule has 120 valence electrons. The number of hydrogen-bond donors (Lipinski definition) is 1. The molecule has 0 aromatic heterocycles. The highest BCUT2D eigenvalue weighted by atomic mass is 16.5. The van der Waals surface area contributed by atoms with Gasteiger partial charge < -0.3 is 15.0 Å². The predicted molar refractivity (Wildman–Crippen MR) is 85.5 cm³/mol. The van der Waals surface area contributed by atoms with Gasteiger partial charge >= 0.3 is 0 Å². The zero-order valence-electron chi connectivity index (χ0n) is 13.5. The average molecular weight is 292 g/mol. The number of likely N-dealkylation sites (tertiary alicyclic amines) is 1. The van der Waals surface area contributed by atoms with Crippen LogP contribution in [0.15, 0.2) is 0 Å². The van der Waals surface area contributed by atoms with Crippen molar-refractivity contribution in [3.63, 3.8) is 0 Å². The largest absolute Gasteiger partial charge is 0.370 e. The van der Waals surface area contributed by atoms with E-state index in [2.05, 4.69) is 10.2 Å². The van der Waals surface area contributed by atoms with Crippen LogP contribution >= 0.6 is 0 Å². The van der Waals surface area contributed by atoms with Crippen molar-refractivity contribution in [1.29, 1.82) is 0 Å². The maximum absolute atomic E-state index is 6.47. The molecule has 3 nitrogen and oxygen atoms in total. The summed E-state index contributed by atoms with van der Waals surface area (Å²) in [5.74, 6) is 1.01. The van der Waals surface area contributed by atoms with Crippen LogP contribution in [-0.2, 0) is 4.74 Å². The van der Waals surface area contributed by atoms with Gasteiger partial charge in [-0.1, -0.05) is 12.8 Å². The van der Waals surface area contributed by atoms with Crippen LogP contribution in [0, 0.1) is 5.92 Å². The molecule has 2 aliphatic carbocycles. The Morgan fingerprint density at radius 1 is 0.952 bits per heavy atom. The van der Waals surface area contributed by atoms with Crippen molar-refractivity contribution in [3.05, 3.63) is 0 Å². The molecule has 1 atom stereocenters. The van der Waals surface area contributed by atoms with Gasteiger partial charge in [0.1, 0.15) is 0 Å². The molecule has 2 aliphatic heterocycles. The number of rotatable bonds is 5. The van der Waals surface area contributed by atoms with Crippen molar-refractivity contribution in [3.8, 4) is 0 Å². The molecule has 1 unspecified atom stereocenters. The quantitative estimate of drug-likeness (QED) is 0.843. The summed E-state index contributed by atoms with van der Waals surface area (Å²) in [5, 5.41) is 3.78. The Hall–Kier alpha value is -0.120. The number of ether oxygens (including phenoxy) is 1. The SMILES string of the molecule is C1CCC2(C1)CCC(CN1CCC(NCC3CC3)CC1)O2. The van der Waals surface area contributed by atoms with Crippen LogP contribution in [0.2, 0.25) is 0 Å². The van der Waals surface area contributed by atoms with E-state index in [0.717, 1.165) is 12.0 Å². The molecular weight excluding hydrogens is 260 g/mol. The van der Waals surface area contributed by atoms with Crippen LogP contribution in [0.3, 0.4) is 0 Å². The first-order chi connectivity index (χ1) is 10.3. The van der Waals surface area contributed by atoms with Gasteiger partial charge in [0.15, 0.2) is 0 Å². The predicted octanol–water partition coefficient (Wildman–Crippen LogP) is 2.94. The normalized spacial score (nSPS) is 34.0. The number of nitrogens with zero attached hydrogens (tertiary/aromatic N) is 1. The Morgan fingerprint density at radius 2 is 1.71 bits per heavy atom. The van der Waals surface area contributed by atoms with Gasteiger partial charge in [0, 0.05) is 12.6 Å². The average Bonchev–Trinajstić information content (AvgIpc) is 3.10. The lowest BCUT2D eigenvalue weighted by Gasteiger charge is -2.34. The summed E-state index contributed by atoms with van der Waals surface area (Å²) in [7, 11) is 0. The smallest absolute Gasteiger partial charge is 0.0710 e. The van der Waals surface area contributed by atoms with Gasteiger partial charge in [0.2, 0.25) is 0 Å². The Kier molecular flexibility index (Phi) is 4.25. The molecule has 4 fully saturated rings. The lowest BCUT2D eigenvalue weighted by atomic mass is 9.98. The van der Waals surface area contributed by atoms with Crippen LogP contribution in [0.4, 0.5) is 0 Å². The molecule has 4 aliphatic rings. The Balaban J connectivity index is 1.17. The molecule has 21 heavy (non-hydrogen) atoms. The second kappa shape index (κ2) is 6.17. The molecule has 0 aromatic rings. The molecule has 1 spiro atoms. The highest BCUT2D eigenvalue weighted by Crippen LogP contribution is 2.43. The summed E-state index contributed by atoms with van der Waals surface area (Å²) in [6.45, 7) is 5.01. The third kappa shape index (κ3) is 3.62. The molecule has 1 N–H and O–H groups in total. The van der Waals surface area contributed by atoms with E-state index in [-0.39, 0.29) is 0 Å². The molecule has 2 saturated heterocycles. The summed E-state index contributed by atoms with van der Waals surface area (Å²) in [5.41, 5.74) is 0.314. The van der Waals surface area contributed by atoms with E-state index in [1.54, 1.807) is 0 Å². The maximum Gasteiger partial charge on any atom is 0.0710 e. The van der Waals surface area contributed by atoms with Crippen molar-refractivity contribution in [2.24, 2.45) is 5.92 Å². The van der Waals surface area contributed by atoms with Gasteiger partial charge in [0.05, 0.1) is 11.7 Å².